The van der Waals surface area contributed by atoms with Gasteiger partial charge in [-0.05, 0) is 61.4 Å². The third-order valence-electron chi connectivity index (χ3n) is 4.75. The molecule has 1 aromatic rings. The zero-order valence-electron chi connectivity index (χ0n) is 19.8. The van der Waals surface area contributed by atoms with Crippen molar-refractivity contribution in [2.45, 2.75) is 71.8 Å². The number of allylic oxidation sites excluding steroid dienone is 3. The molecule has 1 aromatic carbocycles. The Morgan fingerprint density at radius 1 is 0.971 bits per heavy atom. The Bertz CT molecular complexity index is 793. The highest BCUT2D eigenvalue weighted by Crippen LogP contribution is 2.36. The SMILES string of the molecule is CC(C=CCCCCCCOCc1cc(C(F)(F)F)cc(C(F)(F)F)c1)=CC(=O)NCC(C)C. The number of hydrogen-bond donors (Lipinski definition) is 1. The minimum Gasteiger partial charge on any atom is -0.377 e. The van der Waals surface area contributed by atoms with Crippen molar-refractivity contribution in [1.29, 1.82) is 0 Å². The largest absolute Gasteiger partial charge is 0.416 e. The first-order valence-corrected chi connectivity index (χ1v) is 11.3. The van der Waals surface area contributed by atoms with Crippen LogP contribution in [0.4, 0.5) is 26.3 Å². The van der Waals surface area contributed by atoms with E-state index in [4.69, 9.17) is 4.74 Å². The van der Waals surface area contributed by atoms with Gasteiger partial charge in [0.15, 0.2) is 0 Å². The number of carbonyl (C=O) groups excluding carboxylic acids is 1. The summed E-state index contributed by atoms with van der Waals surface area (Å²) >= 11 is 0. The van der Waals surface area contributed by atoms with Crippen LogP contribution in [0.1, 0.15) is 69.6 Å². The maximum Gasteiger partial charge on any atom is 0.416 e. The van der Waals surface area contributed by atoms with E-state index in [2.05, 4.69) is 5.32 Å². The smallest absolute Gasteiger partial charge is 0.377 e. The van der Waals surface area contributed by atoms with Crippen LogP contribution >= 0.6 is 0 Å². The second kappa shape index (κ2) is 14.2. The number of halogens is 6. The lowest BCUT2D eigenvalue weighted by Crippen LogP contribution is -2.25. The van der Waals surface area contributed by atoms with Crippen molar-refractivity contribution in [3.63, 3.8) is 0 Å². The lowest BCUT2D eigenvalue weighted by atomic mass is 10.1. The lowest BCUT2D eigenvalue weighted by molar-refractivity contribution is -0.143. The average molecular weight is 494 g/mol. The molecule has 0 spiro atoms. The van der Waals surface area contributed by atoms with Crippen LogP contribution in [0, 0.1) is 5.92 Å². The van der Waals surface area contributed by atoms with Crippen LogP contribution in [0.15, 0.2) is 42.0 Å². The first-order valence-electron chi connectivity index (χ1n) is 11.3. The van der Waals surface area contributed by atoms with Crippen LogP contribution in [0.3, 0.4) is 0 Å². The number of nitrogens with one attached hydrogen (secondary N) is 1. The predicted molar refractivity (Wildman–Crippen MR) is 120 cm³/mol. The summed E-state index contributed by atoms with van der Waals surface area (Å²) in [6.45, 7) is 6.46. The number of benzene rings is 1. The van der Waals surface area contributed by atoms with Crippen LogP contribution in [-0.4, -0.2) is 19.1 Å². The molecule has 0 radical (unpaired) electrons. The molecule has 34 heavy (non-hydrogen) atoms. The maximum absolute atomic E-state index is 12.9. The van der Waals surface area contributed by atoms with Crippen molar-refractivity contribution in [3.05, 3.63) is 58.7 Å². The standard InChI is InChI=1S/C25H33F6NO2/c1-18(2)16-32-23(33)12-19(3)10-8-6-4-5-7-9-11-34-17-20-13-21(24(26,27)28)15-22(14-20)25(29,30)31/h8,10,12-15,18H,4-7,9,11,16-17H2,1-3H3,(H,32,33). The molecule has 0 unspecified atom stereocenters. The van der Waals surface area contributed by atoms with Crippen LogP contribution in [0.25, 0.3) is 0 Å². The Morgan fingerprint density at radius 3 is 2.12 bits per heavy atom. The van der Waals surface area contributed by atoms with E-state index in [0.29, 0.717) is 31.0 Å². The Kier molecular flexibility index (Phi) is 12.4. The molecule has 0 aliphatic heterocycles. The summed E-state index contributed by atoms with van der Waals surface area (Å²) in [4.78, 5) is 11.7. The fourth-order valence-electron chi connectivity index (χ4n) is 2.99. The van der Waals surface area contributed by atoms with Crippen molar-refractivity contribution >= 4 is 5.91 Å². The number of amides is 1. The fourth-order valence-corrected chi connectivity index (χ4v) is 2.99. The molecule has 192 valence electrons. The van der Waals surface area contributed by atoms with Gasteiger partial charge in [-0.1, -0.05) is 38.8 Å². The number of hydrogen-bond acceptors (Lipinski definition) is 2. The molecule has 1 rings (SSSR count). The van der Waals surface area contributed by atoms with Gasteiger partial charge in [-0.15, -0.1) is 0 Å². The lowest BCUT2D eigenvalue weighted by Gasteiger charge is -2.14. The normalized spacial score (nSPS) is 13.2. The molecule has 0 fully saturated rings. The topological polar surface area (TPSA) is 38.3 Å². The Morgan fingerprint density at radius 2 is 1.56 bits per heavy atom. The predicted octanol–water partition coefficient (Wildman–Crippen LogP) is 7.47. The van der Waals surface area contributed by atoms with E-state index in [-0.39, 0.29) is 30.8 Å². The molecule has 0 saturated carbocycles. The summed E-state index contributed by atoms with van der Waals surface area (Å²) in [5, 5.41) is 2.82. The molecule has 0 bridgehead atoms. The number of rotatable bonds is 13. The minimum absolute atomic E-state index is 0.108. The van der Waals surface area contributed by atoms with E-state index in [1.807, 2.05) is 32.9 Å². The van der Waals surface area contributed by atoms with Gasteiger partial charge in [-0.3, -0.25) is 4.79 Å². The van der Waals surface area contributed by atoms with Gasteiger partial charge in [0.05, 0.1) is 17.7 Å². The van der Waals surface area contributed by atoms with Crippen molar-refractivity contribution in [2.24, 2.45) is 5.92 Å². The van der Waals surface area contributed by atoms with Crippen LogP contribution in [-0.2, 0) is 28.5 Å². The average Bonchev–Trinajstić information content (AvgIpc) is 2.72. The van der Waals surface area contributed by atoms with E-state index in [0.717, 1.165) is 31.3 Å². The molecule has 0 aromatic heterocycles. The number of alkyl halides is 6. The van der Waals surface area contributed by atoms with Gasteiger partial charge in [-0.2, -0.15) is 26.3 Å². The van der Waals surface area contributed by atoms with Gasteiger partial charge in [0, 0.05) is 19.2 Å². The number of carbonyl (C=O) groups is 1. The quantitative estimate of drug-likeness (QED) is 0.134. The van der Waals surface area contributed by atoms with E-state index in [1.165, 1.54) is 0 Å². The number of unbranched alkanes of at least 4 members (excludes halogenated alkanes) is 4. The molecule has 0 heterocycles. The van der Waals surface area contributed by atoms with Crippen molar-refractivity contribution in [2.75, 3.05) is 13.2 Å². The number of ether oxygens (including phenoxy) is 1. The summed E-state index contributed by atoms with van der Waals surface area (Å²) in [6.07, 6.45) is -0.133. The zero-order chi connectivity index (χ0) is 25.8. The van der Waals surface area contributed by atoms with E-state index in [9.17, 15) is 31.1 Å². The maximum atomic E-state index is 12.9. The zero-order valence-corrected chi connectivity index (χ0v) is 19.8. The highest BCUT2D eigenvalue weighted by Gasteiger charge is 2.36. The van der Waals surface area contributed by atoms with Crippen molar-refractivity contribution < 1.29 is 35.9 Å². The fraction of sp³-hybridized carbons (Fsp3) is 0.560. The van der Waals surface area contributed by atoms with Gasteiger partial charge in [0.2, 0.25) is 5.91 Å². The molecule has 3 nitrogen and oxygen atoms in total. The molecule has 0 aliphatic carbocycles. The summed E-state index contributed by atoms with van der Waals surface area (Å²) < 4.78 is 82.5. The van der Waals surface area contributed by atoms with Gasteiger partial charge in [0.1, 0.15) is 0 Å². The van der Waals surface area contributed by atoms with Gasteiger partial charge < -0.3 is 10.1 Å². The Balaban J connectivity index is 2.30. The minimum atomic E-state index is -4.86. The highest BCUT2D eigenvalue weighted by molar-refractivity contribution is 5.88. The van der Waals surface area contributed by atoms with Crippen molar-refractivity contribution in [1.82, 2.24) is 5.32 Å². The molecule has 0 aliphatic rings. The molecular formula is C25H33F6NO2. The first kappa shape index (κ1) is 29.7. The van der Waals surface area contributed by atoms with Crippen LogP contribution < -0.4 is 5.32 Å². The van der Waals surface area contributed by atoms with E-state index in [1.54, 1.807) is 6.08 Å². The van der Waals surface area contributed by atoms with E-state index >= 15 is 0 Å². The van der Waals surface area contributed by atoms with Crippen LogP contribution in [0.5, 0.6) is 0 Å². The van der Waals surface area contributed by atoms with Gasteiger partial charge >= 0.3 is 12.4 Å². The molecule has 0 atom stereocenters. The Hall–Kier alpha value is -2.29. The molecular weight excluding hydrogens is 460 g/mol. The molecule has 0 saturated heterocycles. The summed E-state index contributed by atoms with van der Waals surface area (Å²) in [6, 6.07) is 1.48. The van der Waals surface area contributed by atoms with Crippen molar-refractivity contribution in [3.8, 4) is 0 Å². The third-order valence-corrected chi connectivity index (χ3v) is 4.75. The summed E-state index contributed by atoms with van der Waals surface area (Å²) in [7, 11) is 0. The third kappa shape index (κ3) is 12.8. The molecule has 1 N–H and O–H groups in total. The second-order valence-corrected chi connectivity index (χ2v) is 8.60. The molecule has 1 amide bonds. The summed E-state index contributed by atoms with van der Waals surface area (Å²) in [5.41, 5.74) is -1.97. The van der Waals surface area contributed by atoms with Gasteiger partial charge in [-0.25, -0.2) is 0 Å². The second-order valence-electron chi connectivity index (χ2n) is 8.60. The van der Waals surface area contributed by atoms with Crippen LogP contribution in [0.2, 0.25) is 0 Å². The Labute approximate surface area is 197 Å². The monoisotopic (exact) mass is 493 g/mol. The molecule has 9 heteroatoms. The summed E-state index contributed by atoms with van der Waals surface area (Å²) in [5.74, 6) is 0.275. The highest BCUT2D eigenvalue weighted by atomic mass is 19.4. The first-order chi connectivity index (χ1) is 15.8. The van der Waals surface area contributed by atoms with E-state index < -0.39 is 23.5 Å². The van der Waals surface area contributed by atoms with Gasteiger partial charge in [0.25, 0.3) is 0 Å².